The summed E-state index contributed by atoms with van der Waals surface area (Å²) in [6.07, 6.45) is 3.10. The van der Waals surface area contributed by atoms with Gasteiger partial charge in [-0.2, -0.15) is 0 Å². The zero-order valence-electron chi connectivity index (χ0n) is 13.8. The zero-order chi connectivity index (χ0) is 19.4. The summed E-state index contributed by atoms with van der Waals surface area (Å²) in [5.41, 5.74) is 0.935. The lowest BCUT2D eigenvalue weighted by Gasteiger charge is -2.12. The van der Waals surface area contributed by atoms with E-state index in [1.807, 2.05) is 0 Å². The zero-order valence-corrected chi connectivity index (χ0v) is 16.1. The van der Waals surface area contributed by atoms with Crippen molar-refractivity contribution < 1.29 is 14.4 Å². The highest BCUT2D eigenvalue weighted by molar-refractivity contribution is 8.18. The molecule has 1 aromatic carbocycles. The minimum Gasteiger partial charge on any atom is -0.349 e. The summed E-state index contributed by atoms with van der Waals surface area (Å²) in [5, 5.41) is 3.02. The maximum absolute atomic E-state index is 12.4. The molecule has 0 saturated carbocycles. The van der Waals surface area contributed by atoms with Crippen molar-refractivity contribution in [2.45, 2.75) is 0 Å². The number of benzene rings is 1. The van der Waals surface area contributed by atoms with Crippen LogP contribution in [0.3, 0.4) is 0 Å². The predicted molar refractivity (Wildman–Crippen MR) is 106 cm³/mol. The number of rotatable bonds is 5. The largest absolute Gasteiger partial charge is 0.349 e. The van der Waals surface area contributed by atoms with Gasteiger partial charge in [0, 0.05) is 19.3 Å². The molecule has 1 N–H and O–H groups in total. The van der Waals surface area contributed by atoms with Crippen molar-refractivity contribution in [1.29, 1.82) is 0 Å². The number of carbonyl (C=O) groups excluding carboxylic acids is 3. The van der Waals surface area contributed by atoms with Crippen LogP contribution >= 0.6 is 35.0 Å². The highest BCUT2D eigenvalue weighted by atomic mass is 35.5. The number of halogens is 2. The number of imide groups is 1. The Hall–Kier alpha value is -2.35. The Morgan fingerprint density at radius 1 is 1.19 bits per heavy atom. The summed E-state index contributed by atoms with van der Waals surface area (Å²) in [4.78, 5) is 41.8. The van der Waals surface area contributed by atoms with Crippen LogP contribution in [0.1, 0.15) is 16.1 Å². The Morgan fingerprint density at radius 3 is 2.70 bits per heavy atom. The summed E-state index contributed by atoms with van der Waals surface area (Å²) in [5.74, 6) is -0.780. The standard InChI is InChI=1S/C18H13Cl2N3O3S/c19-12-5-4-11(9-13(12)20)10-15-17(25)23(18(26)27-15)8-7-22-16(24)14-3-1-2-6-21-14/h1-6,9-10H,7-8H2,(H,22,24)/b15-10-. The van der Waals surface area contributed by atoms with Gasteiger partial charge in [0.2, 0.25) is 0 Å². The van der Waals surface area contributed by atoms with E-state index >= 15 is 0 Å². The van der Waals surface area contributed by atoms with Crippen LogP contribution in [0.15, 0.2) is 47.5 Å². The number of carbonyl (C=O) groups is 3. The fourth-order valence-electron chi connectivity index (χ4n) is 2.32. The molecule has 0 radical (unpaired) electrons. The second-order valence-corrected chi connectivity index (χ2v) is 7.29. The fourth-order valence-corrected chi connectivity index (χ4v) is 3.49. The molecule has 2 aromatic rings. The lowest BCUT2D eigenvalue weighted by Crippen LogP contribution is -2.37. The molecule has 27 heavy (non-hydrogen) atoms. The lowest BCUT2D eigenvalue weighted by molar-refractivity contribution is -0.122. The van der Waals surface area contributed by atoms with Gasteiger partial charge in [-0.3, -0.25) is 24.3 Å². The Balaban J connectivity index is 1.61. The summed E-state index contributed by atoms with van der Waals surface area (Å²) in [7, 11) is 0. The van der Waals surface area contributed by atoms with E-state index in [9.17, 15) is 14.4 Å². The highest BCUT2D eigenvalue weighted by Gasteiger charge is 2.34. The Morgan fingerprint density at radius 2 is 2.00 bits per heavy atom. The molecule has 0 spiro atoms. The van der Waals surface area contributed by atoms with Crippen molar-refractivity contribution >= 4 is 58.1 Å². The average Bonchev–Trinajstić information content (AvgIpc) is 2.92. The van der Waals surface area contributed by atoms with Crippen LogP contribution in [0.25, 0.3) is 6.08 Å². The Bertz CT molecular complexity index is 935. The van der Waals surface area contributed by atoms with Gasteiger partial charge in [0.25, 0.3) is 17.1 Å². The molecule has 0 aliphatic carbocycles. The van der Waals surface area contributed by atoms with Gasteiger partial charge in [-0.05, 0) is 47.7 Å². The van der Waals surface area contributed by atoms with Crippen molar-refractivity contribution in [3.05, 3.63) is 68.8 Å². The number of hydrogen-bond acceptors (Lipinski definition) is 5. The van der Waals surface area contributed by atoms with Crippen molar-refractivity contribution in [1.82, 2.24) is 15.2 Å². The molecule has 3 rings (SSSR count). The fraction of sp³-hybridized carbons (Fsp3) is 0.111. The number of thioether (sulfide) groups is 1. The second-order valence-electron chi connectivity index (χ2n) is 5.48. The average molecular weight is 422 g/mol. The molecule has 6 nitrogen and oxygen atoms in total. The smallest absolute Gasteiger partial charge is 0.293 e. The topological polar surface area (TPSA) is 79.4 Å². The van der Waals surface area contributed by atoms with Crippen molar-refractivity contribution in [3.63, 3.8) is 0 Å². The van der Waals surface area contributed by atoms with Gasteiger partial charge in [-0.15, -0.1) is 0 Å². The molecule has 1 aromatic heterocycles. The summed E-state index contributed by atoms with van der Waals surface area (Å²) in [6, 6.07) is 9.92. The second kappa shape index (κ2) is 8.56. The highest BCUT2D eigenvalue weighted by Crippen LogP contribution is 2.33. The molecule has 0 bridgehead atoms. The van der Waals surface area contributed by atoms with Crippen molar-refractivity contribution in [3.8, 4) is 0 Å². The molecule has 3 amide bonds. The van der Waals surface area contributed by atoms with E-state index in [0.717, 1.165) is 16.7 Å². The van der Waals surface area contributed by atoms with Gasteiger partial charge in [0.1, 0.15) is 5.69 Å². The summed E-state index contributed by atoms with van der Waals surface area (Å²) in [6.45, 7) is 0.204. The van der Waals surface area contributed by atoms with Crippen LogP contribution in [-0.2, 0) is 4.79 Å². The van der Waals surface area contributed by atoms with E-state index in [1.165, 1.54) is 6.20 Å². The number of pyridine rings is 1. The van der Waals surface area contributed by atoms with E-state index in [2.05, 4.69) is 10.3 Å². The molecule has 1 fully saturated rings. The third-order valence-corrected chi connectivity index (χ3v) is 5.28. The first kappa shape index (κ1) is 19.4. The molecular formula is C18H13Cl2N3O3S. The molecule has 9 heteroatoms. The maximum Gasteiger partial charge on any atom is 0.293 e. The number of aromatic nitrogens is 1. The number of hydrogen-bond donors (Lipinski definition) is 1. The van der Waals surface area contributed by atoms with Gasteiger partial charge in [0.15, 0.2) is 0 Å². The van der Waals surface area contributed by atoms with E-state index in [4.69, 9.17) is 23.2 Å². The molecule has 0 unspecified atom stereocenters. The van der Waals surface area contributed by atoms with Gasteiger partial charge in [-0.1, -0.05) is 35.3 Å². The minimum absolute atomic E-state index is 0.0714. The first-order chi connectivity index (χ1) is 13.0. The SMILES string of the molecule is O=C(NCCN1C(=O)S/C(=C\c2ccc(Cl)c(Cl)c2)C1=O)c1ccccn1. The number of nitrogens with one attached hydrogen (secondary N) is 1. The quantitative estimate of drug-likeness (QED) is 0.741. The van der Waals surface area contributed by atoms with Crippen LogP contribution in [0, 0.1) is 0 Å². The molecule has 2 heterocycles. The van der Waals surface area contributed by atoms with E-state index in [1.54, 1.807) is 42.5 Å². The monoisotopic (exact) mass is 421 g/mol. The van der Waals surface area contributed by atoms with E-state index in [-0.39, 0.29) is 29.6 Å². The van der Waals surface area contributed by atoms with Crippen LogP contribution < -0.4 is 5.32 Å². The number of nitrogens with zero attached hydrogens (tertiary/aromatic N) is 2. The maximum atomic E-state index is 12.4. The van der Waals surface area contributed by atoms with Crippen LogP contribution in [0.5, 0.6) is 0 Å². The van der Waals surface area contributed by atoms with Crippen LogP contribution in [-0.4, -0.2) is 40.0 Å². The molecule has 1 saturated heterocycles. The first-order valence-corrected chi connectivity index (χ1v) is 9.42. The minimum atomic E-state index is -0.414. The lowest BCUT2D eigenvalue weighted by atomic mass is 10.2. The van der Waals surface area contributed by atoms with Crippen LogP contribution in [0.2, 0.25) is 10.0 Å². The summed E-state index contributed by atoms with van der Waals surface area (Å²) < 4.78 is 0. The molecule has 1 aliphatic rings. The Kier molecular flexibility index (Phi) is 6.15. The molecule has 0 atom stereocenters. The van der Waals surface area contributed by atoms with E-state index < -0.39 is 11.1 Å². The van der Waals surface area contributed by atoms with Crippen molar-refractivity contribution in [2.75, 3.05) is 13.1 Å². The van der Waals surface area contributed by atoms with Crippen molar-refractivity contribution in [2.24, 2.45) is 0 Å². The molecular weight excluding hydrogens is 409 g/mol. The molecule has 138 valence electrons. The number of amides is 3. The predicted octanol–water partition coefficient (Wildman–Crippen LogP) is 3.85. The van der Waals surface area contributed by atoms with Gasteiger partial charge < -0.3 is 5.32 Å². The third-order valence-electron chi connectivity index (χ3n) is 3.63. The first-order valence-electron chi connectivity index (χ1n) is 7.85. The van der Waals surface area contributed by atoms with Gasteiger partial charge >= 0.3 is 0 Å². The third kappa shape index (κ3) is 4.68. The molecule has 1 aliphatic heterocycles. The normalized spacial score (nSPS) is 15.5. The van der Waals surface area contributed by atoms with Gasteiger partial charge in [0.05, 0.1) is 15.0 Å². The van der Waals surface area contributed by atoms with E-state index in [0.29, 0.717) is 15.6 Å². The van der Waals surface area contributed by atoms with Crippen LogP contribution in [0.4, 0.5) is 4.79 Å². The Labute approximate surface area is 169 Å². The van der Waals surface area contributed by atoms with Gasteiger partial charge in [-0.25, -0.2) is 0 Å². The summed E-state index contributed by atoms with van der Waals surface area (Å²) >= 11 is 12.7.